The van der Waals surface area contributed by atoms with Gasteiger partial charge in [0.15, 0.2) is 6.61 Å². The number of anilines is 1. The van der Waals surface area contributed by atoms with E-state index < -0.39 is 25.1 Å². The standard InChI is InChI=1S/C18H14ClF2NO4/c19-13-5-3-4-12(10-13)8-9-17(24)25-11-16(23)22-14-6-1-2-7-15(14)26-18(20)21/h1-10,18H,11H2,(H,22,23)/b9-8+. The highest BCUT2D eigenvalue weighted by Gasteiger charge is 2.12. The summed E-state index contributed by atoms with van der Waals surface area (Å²) >= 11 is 5.82. The van der Waals surface area contributed by atoms with Crippen LogP contribution in [0.15, 0.2) is 54.6 Å². The highest BCUT2D eigenvalue weighted by Crippen LogP contribution is 2.25. The molecule has 1 N–H and O–H groups in total. The zero-order valence-electron chi connectivity index (χ0n) is 13.3. The van der Waals surface area contributed by atoms with E-state index in [-0.39, 0.29) is 11.4 Å². The van der Waals surface area contributed by atoms with Gasteiger partial charge in [0.25, 0.3) is 5.91 Å². The van der Waals surface area contributed by atoms with E-state index >= 15 is 0 Å². The van der Waals surface area contributed by atoms with Gasteiger partial charge in [0, 0.05) is 11.1 Å². The Hall–Kier alpha value is -2.93. The molecule has 0 saturated carbocycles. The lowest BCUT2D eigenvalue weighted by atomic mass is 10.2. The van der Waals surface area contributed by atoms with Crippen LogP contribution in [0, 0.1) is 0 Å². The topological polar surface area (TPSA) is 64.6 Å². The van der Waals surface area contributed by atoms with Crippen LogP contribution in [-0.4, -0.2) is 25.1 Å². The zero-order valence-corrected chi connectivity index (χ0v) is 14.1. The van der Waals surface area contributed by atoms with Crippen molar-refractivity contribution in [3.05, 3.63) is 65.2 Å². The normalized spacial score (nSPS) is 10.8. The van der Waals surface area contributed by atoms with Gasteiger partial charge in [0.1, 0.15) is 5.75 Å². The van der Waals surface area contributed by atoms with E-state index in [1.54, 1.807) is 24.3 Å². The van der Waals surface area contributed by atoms with Gasteiger partial charge in [-0.2, -0.15) is 8.78 Å². The number of halogens is 3. The van der Waals surface area contributed by atoms with Gasteiger partial charge < -0.3 is 14.8 Å². The van der Waals surface area contributed by atoms with Crippen LogP contribution in [0.5, 0.6) is 5.75 Å². The molecule has 0 aliphatic carbocycles. The largest absolute Gasteiger partial charge is 0.452 e. The Morgan fingerprint density at radius 3 is 2.65 bits per heavy atom. The van der Waals surface area contributed by atoms with Crippen molar-refractivity contribution in [1.82, 2.24) is 0 Å². The number of benzene rings is 2. The molecule has 0 aliphatic heterocycles. The van der Waals surface area contributed by atoms with Gasteiger partial charge in [0.2, 0.25) is 0 Å². The first-order chi connectivity index (χ1) is 12.4. The summed E-state index contributed by atoms with van der Waals surface area (Å²) in [4.78, 5) is 23.4. The number of carbonyl (C=O) groups excluding carboxylic acids is 2. The molecule has 0 radical (unpaired) electrons. The van der Waals surface area contributed by atoms with E-state index in [4.69, 9.17) is 16.3 Å². The second kappa shape index (κ2) is 9.53. The van der Waals surface area contributed by atoms with Crippen molar-refractivity contribution >= 4 is 35.2 Å². The first-order valence-corrected chi connectivity index (χ1v) is 7.76. The Morgan fingerprint density at radius 1 is 1.15 bits per heavy atom. The van der Waals surface area contributed by atoms with Crippen LogP contribution in [-0.2, 0) is 14.3 Å². The van der Waals surface area contributed by atoms with Crippen molar-refractivity contribution in [3.8, 4) is 5.75 Å². The van der Waals surface area contributed by atoms with Crippen LogP contribution in [0.2, 0.25) is 5.02 Å². The predicted molar refractivity (Wildman–Crippen MR) is 93.1 cm³/mol. The van der Waals surface area contributed by atoms with Gasteiger partial charge in [0.05, 0.1) is 5.69 Å². The summed E-state index contributed by atoms with van der Waals surface area (Å²) in [5, 5.41) is 2.85. The van der Waals surface area contributed by atoms with Crippen LogP contribution >= 0.6 is 11.6 Å². The zero-order chi connectivity index (χ0) is 18.9. The number of rotatable bonds is 7. The fraction of sp³-hybridized carbons (Fsp3) is 0.111. The molecule has 2 aromatic carbocycles. The molecule has 2 aromatic rings. The smallest absolute Gasteiger partial charge is 0.387 e. The molecule has 0 saturated heterocycles. The molecule has 26 heavy (non-hydrogen) atoms. The van der Waals surface area contributed by atoms with Crippen molar-refractivity contribution in [2.45, 2.75) is 6.61 Å². The van der Waals surface area contributed by atoms with Crippen LogP contribution < -0.4 is 10.1 Å². The van der Waals surface area contributed by atoms with E-state index in [9.17, 15) is 18.4 Å². The molecule has 0 spiro atoms. The monoisotopic (exact) mass is 381 g/mol. The fourth-order valence-electron chi connectivity index (χ4n) is 1.91. The third-order valence-electron chi connectivity index (χ3n) is 2.98. The summed E-state index contributed by atoms with van der Waals surface area (Å²) < 4.78 is 33.7. The Labute approximate surface area is 153 Å². The second-order valence-electron chi connectivity index (χ2n) is 4.92. The Morgan fingerprint density at radius 2 is 1.92 bits per heavy atom. The number of carbonyl (C=O) groups is 2. The average molecular weight is 382 g/mol. The second-order valence-corrected chi connectivity index (χ2v) is 5.36. The van der Waals surface area contributed by atoms with E-state index in [2.05, 4.69) is 10.1 Å². The molecule has 136 valence electrons. The van der Waals surface area contributed by atoms with Crippen LogP contribution in [0.4, 0.5) is 14.5 Å². The summed E-state index contributed by atoms with van der Waals surface area (Å²) in [6, 6.07) is 12.5. The molecular weight excluding hydrogens is 368 g/mol. The molecule has 0 unspecified atom stereocenters. The van der Waals surface area contributed by atoms with Crippen LogP contribution in [0.25, 0.3) is 6.08 Å². The fourth-order valence-corrected chi connectivity index (χ4v) is 2.11. The molecule has 0 fully saturated rings. The lowest BCUT2D eigenvalue weighted by molar-refractivity contribution is -0.142. The highest BCUT2D eigenvalue weighted by atomic mass is 35.5. The highest BCUT2D eigenvalue weighted by molar-refractivity contribution is 6.30. The summed E-state index contributed by atoms with van der Waals surface area (Å²) in [6.45, 7) is -3.61. The minimum atomic E-state index is -3.03. The van der Waals surface area contributed by atoms with Gasteiger partial charge in [-0.15, -0.1) is 0 Å². The van der Waals surface area contributed by atoms with Crippen molar-refractivity contribution in [1.29, 1.82) is 0 Å². The molecule has 0 bridgehead atoms. The number of esters is 1. The van der Waals surface area contributed by atoms with E-state index in [1.807, 2.05) is 0 Å². The summed E-state index contributed by atoms with van der Waals surface area (Å²) in [7, 11) is 0. The Balaban J connectivity index is 1.86. The number of amides is 1. The minimum Gasteiger partial charge on any atom is -0.452 e. The molecule has 2 rings (SSSR count). The van der Waals surface area contributed by atoms with Crippen molar-refractivity contribution in [2.24, 2.45) is 0 Å². The van der Waals surface area contributed by atoms with Crippen molar-refractivity contribution in [2.75, 3.05) is 11.9 Å². The number of nitrogens with one attached hydrogen (secondary N) is 1. The van der Waals surface area contributed by atoms with Gasteiger partial charge in [-0.1, -0.05) is 35.9 Å². The molecule has 0 atom stereocenters. The predicted octanol–water partition coefficient (Wildman–Crippen LogP) is 4.14. The number of hydrogen-bond acceptors (Lipinski definition) is 4. The van der Waals surface area contributed by atoms with Gasteiger partial charge in [-0.3, -0.25) is 4.79 Å². The lowest BCUT2D eigenvalue weighted by Gasteiger charge is -2.11. The maximum Gasteiger partial charge on any atom is 0.387 e. The van der Waals surface area contributed by atoms with E-state index in [0.717, 1.165) is 6.08 Å². The number of alkyl halides is 2. The number of ether oxygens (including phenoxy) is 2. The summed E-state index contributed by atoms with van der Waals surface area (Å²) in [5.74, 6) is -1.62. The first-order valence-electron chi connectivity index (χ1n) is 7.38. The minimum absolute atomic E-state index is 0.0447. The number of para-hydroxylation sites is 2. The first kappa shape index (κ1) is 19.4. The molecule has 8 heteroatoms. The molecule has 0 aliphatic rings. The van der Waals surface area contributed by atoms with Gasteiger partial charge >= 0.3 is 12.6 Å². The van der Waals surface area contributed by atoms with E-state index in [0.29, 0.717) is 10.6 Å². The molecule has 5 nitrogen and oxygen atoms in total. The van der Waals surface area contributed by atoms with Crippen LogP contribution in [0.3, 0.4) is 0 Å². The molecule has 0 heterocycles. The van der Waals surface area contributed by atoms with Gasteiger partial charge in [-0.05, 0) is 35.9 Å². The SMILES string of the molecule is O=C(COC(=O)/C=C/c1cccc(Cl)c1)Nc1ccccc1OC(F)F. The lowest BCUT2D eigenvalue weighted by Crippen LogP contribution is -2.20. The Bertz CT molecular complexity index is 811. The number of hydrogen-bond donors (Lipinski definition) is 1. The van der Waals surface area contributed by atoms with Crippen molar-refractivity contribution < 1.29 is 27.8 Å². The Kier molecular flexibility index (Phi) is 7.11. The molecule has 0 aromatic heterocycles. The molecular formula is C18H14ClF2NO4. The maximum absolute atomic E-state index is 12.3. The third kappa shape index (κ3) is 6.52. The van der Waals surface area contributed by atoms with E-state index in [1.165, 1.54) is 30.3 Å². The summed E-state index contributed by atoms with van der Waals surface area (Å²) in [5.41, 5.74) is 0.736. The van der Waals surface area contributed by atoms with Crippen molar-refractivity contribution in [3.63, 3.8) is 0 Å². The molecule has 1 amide bonds. The summed E-state index contributed by atoms with van der Waals surface area (Å²) in [6.07, 6.45) is 2.63. The maximum atomic E-state index is 12.3. The third-order valence-corrected chi connectivity index (χ3v) is 3.22. The van der Waals surface area contributed by atoms with Gasteiger partial charge in [-0.25, -0.2) is 4.79 Å². The average Bonchev–Trinajstić information content (AvgIpc) is 2.59. The quantitative estimate of drug-likeness (QED) is 0.578. The van der Waals surface area contributed by atoms with Crippen LogP contribution in [0.1, 0.15) is 5.56 Å².